The number of hydrogen-bond acceptors (Lipinski definition) is 3. The van der Waals surface area contributed by atoms with Crippen LogP contribution in [0.1, 0.15) is 19.3 Å². The van der Waals surface area contributed by atoms with E-state index >= 15 is 0 Å². The Morgan fingerprint density at radius 3 is 2.80 bits per heavy atom. The highest BCUT2D eigenvalue weighted by atomic mass is 32.1. The number of likely N-dealkylation sites (tertiary alicyclic amines) is 1. The van der Waals surface area contributed by atoms with Gasteiger partial charge in [-0.3, -0.25) is 0 Å². The molecule has 1 fully saturated rings. The summed E-state index contributed by atoms with van der Waals surface area (Å²) >= 11 is 1.83. The van der Waals surface area contributed by atoms with E-state index in [0.717, 1.165) is 6.54 Å². The lowest BCUT2D eigenvalue weighted by Gasteiger charge is -2.28. The van der Waals surface area contributed by atoms with Crippen LogP contribution in [0.3, 0.4) is 0 Å². The third kappa shape index (κ3) is 3.21. The van der Waals surface area contributed by atoms with Crippen LogP contribution < -0.4 is 4.90 Å². The van der Waals surface area contributed by atoms with Gasteiger partial charge in [-0.05, 0) is 43.4 Å². The molecule has 1 saturated heterocycles. The van der Waals surface area contributed by atoms with Crippen molar-refractivity contribution in [2.24, 2.45) is 0 Å². The van der Waals surface area contributed by atoms with Gasteiger partial charge in [-0.25, -0.2) is 0 Å². The van der Waals surface area contributed by atoms with Gasteiger partial charge >= 0.3 is 0 Å². The minimum absolute atomic E-state index is 1.15. The predicted octanol–water partition coefficient (Wildman–Crippen LogP) is 2.67. The average molecular weight is 224 g/mol. The lowest BCUT2D eigenvalue weighted by Crippen LogP contribution is -2.36. The van der Waals surface area contributed by atoms with Crippen LogP contribution in [0.4, 0.5) is 5.00 Å². The van der Waals surface area contributed by atoms with Gasteiger partial charge in [0.1, 0.15) is 0 Å². The summed E-state index contributed by atoms with van der Waals surface area (Å²) in [6, 6.07) is 4.32. The van der Waals surface area contributed by atoms with E-state index in [-0.39, 0.29) is 0 Å². The lowest BCUT2D eigenvalue weighted by atomic mass is 10.1. The average Bonchev–Trinajstić information content (AvgIpc) is 2.81. The van der Waals surface area contributed by atoms with Gasteiger partial charge in [0.2, 0.25) is 0 Å². The fourth-order valence-electron chi connectivity index (χ4n) is 2.07. The van der Waals surface area contributed by atoms with Gasteiger partial charge in [0, 0.05) is 20.1 Å². The molecule has 0 unspecified atom stereocenters. The standard InChI is InChI=1S/C12H20N2S/c1-13(12-6-5-11-15-12)9-10-14-7-3-2-4-8-14/h5-6,11H,2-4,7-10H2,1H3. The number of likely N-dealkylation sites (N-methyl/N-ethyl adjacent to an activating group) is 1. The molecule has 1 aliphatic rings. The second kappa shape index (κ2) is 5.52. The van der Waals surface area contributed by atoms with E-state index in [1.807, 2.05) is 11.3 Å². The summed E-state index contributed by atoms with van der Waals surface area (Å²) in [4.78, 5) is 4.95. The third-order valence-corrected chi connectivity index (χ3v) is 4.07. The number of piperidine rings is 1. The maximum absolute atomic E-state index is 2.59. The molecule has 1 aromatic heterocycles. The molecule has 0 atom stereocenters. The summed E-state index contributed by atoms with van der Waals surface area (Å²) in [6.45, 7) is 4.98. The van der Waals surface area contributed by atoms with Crippen LogP contribution in [-0.2, 0) is 0 Å². The Hall–Kier alpha value is -0.540. The van der Waals surface area contributed by atoms with Crippen LogP contribution in [-0.4, -0.2) is 38.1 Å². The molecule has 0 aliphatic carbocycles. The Morgan fingerprint density at radius 2 is 2.13 bits per heavy atom. The Morgan fingerprint density at radius 1 is 1.33 bits per heavy atom. The molecule has 2 rings (SSSR count). The first-order valence-corrected chi connectivity index (χ1v) is 6.71. The number of anilines is 1. The van der Waals surface area contributed by atoms with E-state index < -0.39 is 0 Å². The van der Waals surface area contributed by atoms with Crippen molar-refractivity contribution in [3.63, 3.8) is 0 Å². The van der Waals surface area contributed by atoms with Crippen molar-refractivity contribution in [3.05, 3.63) is 17.5 Å². The van der Waals surface area contributed by atoms with Crippen LogP contribution in [0.15, 0.2) is 17.5 Å². The molecule has 0 N–H and O–H groups in total. The van der Waals surface area contributed by atoms with E-state index in [4.69, 9.17) is 0 Å². The van der Waals surface area contributed by atoms with Crippen molar-refractivity contribution < 1.29 is 0 Å². The van der Waals surface area contributed by atoms with Gasteiger partial charge < -0.3 is 9.80 Å². The van der Waals surface area contributed by atoms with E-state index in [2.05, 4.69) is 34.4 Å². The van der Waals surface area contributed by atoms with Crippen LogP contribution in [0.2, 0.25) is 0 Å². The zero-order chi connectivity index (χ0) is 10.5. The van der Waals surface area contributed by atoms with Crippen molar-refractivity contribution in [2.75, 3.05) is 38.1 Å². The molecule has 0 bridgehead atoms. The maximum Gasteiger partial charge on any atom is 0.0906 e. The molecule has 1 aromatic rings. The summed E-state index contributed by atoms with van der Waals surface area (Å²) in [5.41, 5.74) is 0. The first-order chi connectivity index (χ1) is 7.36. The zero-order valence-electron chi connectivity index (χ0n) is 9.48. The van der Waals surface area contributed by atoms with Crippen LogP contribution in [0.5, 0.6) is 0 Å². The highest BCUT2D eigenvalue weighted by molar-refractivity contribution is 7.14. The molecule has 15 heavy (non-hydrogen) atoms. The largest absolute Gasteiger partial charge is 0.365 e. The summed E-state index contributed by atoms with van der Waals surface area (Å²) < 4.78 is 0. The summed E-state index contributed by atoms with van der Waals surface area (Å²) in [7, 11) is 2.19. The lowest BCUT2D eigenvalue weighted by molar-refractivity contribution is 0.234. The van der Waals surface area contributed by atoms with E-state index in [1.165, 1.54) is 43.9 Å². The SMILES string of the molecule is CN(CCN1CCCCC1)c1cccs1. The van der Waals surface area contributed by atoms with Gasteiger partial charge in [-0.1, -0.05) is 6.42 Å². The second-order valence-electron chi connectivity index (χ2n) is 4.28. The Balaban J connectivity index is 1.73. The second-order valence-corrected chi connectivity index (χ2v) is 5.20. The normalized spacial score (nSPS) is 17.9. The quantitative estimate of drug-likeness (QED) is 0.776. The molecule has 2 heterocycles. The molecule has 0 radical (unpaired) electrons. The smallest absolute Gasteiger partial charge is 0.0906 e. The van der Waals surface area contributed by atoms with Gasteiger partial charge in [0.05, 0.1) is 5.00 Å². The summed E-state index contributed by atoms with van der Waals surface area (Å²) in [6.07, 6.45) is 4.21. The first kappa shape index (κ1) is 11.0. The molecule has 2 nitrogen and oxygen atoms in total. The first-order valence-electron chi connectivity index (χ1n) is 5.83. The monoisotopic (exact) mass is 224 g/mol. The van der Waals surface area contributed by atoms with Gasteiger partial charge in [-0.15, -0.1) is 11.3 Å². The number of thiophene rings is 1. The zero-order valence-corrected chi connectivity index (χ0v) is 10.3. The fraction of sp³-hybridized carbons (Fsp3) is 0.667. The minimum atomic E-state index is 1.15. The van der Waals surface area contributed by atoms with Crippen LogP contribution >= 0.6 is 11.3 Å². The molecule has 3 heteroatoms. The van der Waals surface area contributed by atoms with Gasteiger partial charge in [0.15, 0.2) is 0 Å². The molecular formula is C12H20N2S. The van der Waals surface area contributed by atoms with Crippen molar-refractivity contribution in [1.29, 1.82) is 0 Å². The molecule has 0 spiro atoms. The summed E-state index contributed by atoms with van der Waals surface area (Å²) in [5, 5.41) is 3.53. The number of nitrogens with zero attached hydrogens (tertiary/aromatic N) is 2. The van der Waals surface area contributed by atoms with Crippen molar-refractivity contribution in [1.82, 2.24) is 4.90 Å². The highest BCUT2D eigenvalue weighted by Crippen LogP contribution is 2.19. The summed E-state index contributed by atoms with van der Waals surface area (Å²) in [5.74, 6) is 0. The number of hydrogen-bond donors (Lipinski definition) is 0. The highest BCUT2D eigenvalue weighted by Gasteiger charge is 2.10. The molecule has 0 amide bonds. The molecule has 1 aliphatic heterocycles. The van der Waals surface area contributed by atoms with Gasteiger partial charge in [-0.2, -0.15) is 0 Å². The van der Waals surface area contributed by atoms with Crippen molar-refractivity contribution in [3.8, 4) is 0 Å². The maximum atomic E-state index is 2.59. The molecule has 0 aromatic carbocycles. The van der Waals surface area contributed by atoms with Crippen LogP contribution in [0, 0.1) is 0 Å². The molecular weight excluding hydrogens is 204 g/mol. The minimum Gasteiger partial charge on any atom is -0.365 e. The molecule has 84 valence electrons. The fourth-order valence-corrected chi connectivity index (χ4v) is 2.80. The topological polar surface area (TPSA) is 6.48 Å². The Bertz CT molecular complexity index is 265. The van der Waals surface area contributed by atoms with E-state index in [9.17, 15) is 0 Å². The number of rotatable bonds is 4. The van der Waals surface area contributed by atoms with Crippen molar-refractivity contribution in [2.45, 2.75) is 19.3 Å². The predicted molar refractivity (Wildman–Crippen MR) is 67.9 cm³/mol. The van der Waals surface area contributed by atoms with Crippen molar-refractivity contribution >= 4 is 16.3 Å². The molecule has 0 saturated carbocycles. The Kier molecular flexibility index (Phi) is 4.03. The van der Waals surface area contributed by atoms with E-state index in [0.29, 0.717) is 0 Å². The van der Waals surface area contributed by atoms with Gasteiger partial charge in [0.25, 0.3) is 0 Å². The van der Waals surface area contributed by atoms with E-state index in [1.54, 1.807) is 0 Å². The van der Waals surface area contributed by atoms with Crippen LogP contribution in [0.25, 0.3) is 0 Å². The Labute approximate surface area is 96.5 Å². The third-order valence-electron chi connectivity index (χ3n) is 3.08.